The Kier molecular flexibility index (Phi) is 6.90. The molecule has 7 nitrogen and oxygen atoms in total. The zero-order valence-corrected chi connectivity index (χ0v) is 21.0. The van der Waals surface area contributed by atoms with E-state index in [1.165, 1.54) is 24.6 Å². The summed E-state index contributed by atoms with van der Waals surface area (Å²) in [6.07, 6.45) is 6.33. The van der Waals surface area contributed by atoms with E-state index in [4.69, 9.17) is 9.84 Å². The molecule has 2 aliphatic rings. The van der Waals surface area contributed by atoms with Crippen LogP contribution in [0.4, 0.5) is 5.69 Å². The summed E-state index contributed by atoms with van der Waals surface area (Å²) in [6.45, 7) is 3.67. The predicted octanol–water partition coefficient (Wildman–Crippen LogP) is 4.63. The maximum atomic E-state index is 13.3. The summed E-state index contributed by atoms with van der Waals surface area (Å²) in [7, 11) is 0. The van der Waals surface area contributed by atoms with Gasteiger partial charge in [0, 0.05) is 23.3 Å². The van der Waals surface area contributed by atoms with Crippen LogP contribution in [0.1, 0.15) is 64.1 Å². The number of thioether (sulfide) groups is 1. The van der Waals surface area contributed by atoms with Gasteiger partial charge in [-0.05, 0) is 68.5 Å². The number of hydrogen-bond acceptors (Lipinski definition) is 6. The van der Waals surface area contributed by atoms with Crippen molar-refractivity contribution in [3.8, 4) is 22.9 Å². The fourth-order valence-corrected chi connectivity index (χ4v) is 5.77. The number of unbranched alkanes of at least 4 members (excludes halogenated alkanes) is 1. The van der Waals surface area contributed by atoms with Crippen molar-refractivity contribution in [3.05, 3.63) is 54.1 Å². The lowest BCUT2D eigenvalue weighted by Gasteiger charge is -2.33. The summed E-state index contributed by atoms with van der Waals surface area (Å²) in [6, 6.07) is 15.3. The number of rotatable bonds is 7. The third kappa shape index (κ3) is 4.72. The molecular formula is C27H30N4O3S. The fourth-order valence-electron chi connectivity index (χ4n) is 4.86. The Hall–Kier alpha value is -3.13. The van der Waals surface area contributed by atoms with E-state index in [0.717, 1.165) is 42.7 Å². The normalized spacial score (nSPS) is 17.2. The number of ether oxygens (including phenoxy) is 1. The molecule has 0 spiro atoms. The maximum Gasteiger partial charge on any atom is 0.293 e. The van der Waals surface area contributed by atoms with Crippen LogP contribution < -0.4 is 19.4 Å². The highest BCUT2D eigenvalue weighted by Gasteiger charge is 2.43. The van der Waals surface area contributed by atoms with Gasteiger partial charge in [0.25, 0.3) is 17.0 Å². The molecule has 0 radical (unpaired) electrons. The minimum Gasteiger partial charge on any atom is -0.854 e. The van der Waals surface area contributed by atoms with Crippen molar-refractivity contribution in [1.29, 1.82) is 0 Å². The van der Waals surface area contributed by atoms with E-state index in [0.29, 0.717) is 22.1 Å². The van der Waals surface area contributed by atoms with Gasteiger partial charge in [0.1, 0.15) is 5.75 Å². The lowest BCUT2D eigenvalue weighted by Crippen LogP contribution is -2.58. The second-order valence-electron chi connectivity index (χ2n) is 9.07. The largest absolute Gasteiger partial charge is 0.854 e. The zero-order chi connectivity index (χ0) is 24.4. The fraction of sp³-hybridized carbons (Fsp3) is 0.407. The Morgan fingerprint density at radius 3 is 2.63 bits per heavy atom. The van der Waals surface area contributed by atoms with E-state index in [-0.39, 0.29) is 17.9 Å². The van der Waals surface area contributed by atoms with Crippen molar-refractivity contribution in [3.63, 3.8) is 0 Å². The van der Waals surface area contributed by atoms with Crippen LogP contribution in [0.5, 0.6) is 11.6 Å². The molecule has 1 fully saturated rings. The number of anilines is 1. The van der Waals surface area contributed by atoms with Gasteiger partial charge >= 0.3 is 0 Å². The Morgan fingerprint density at radius 2 is 1.91 bits per heavy atom. The molecule has 1 aliphatic heterocycles. The number of nitrogens with zero attached hydrogens (tertiary/aromatic N) is 4. The summed E-state index contributed by atoms with van der Waals surface area (Å²) in [5.41, 5.74) is 2.59. The van der Waals surface area contributed by atoms with Gasteiger partial charge in [-0.1, -0.05) is 41.9 Å². The van der Waals surface area contributed by atoms with E-state index >= 15 is 0 Å². The summed E-state index contributed by atoms with van der Waals surface area (Å²) in [4.78, 5) is 19.0. The Bertz CT molecular complexity index is 1210. The molecule has 1 aromatic heterocycles. The number of fused-ring (bicyclic) bond motifs is 3. The van der Waals surface area contributed by atoms with Crippen molar-refractivity contribution in [2.24, 2.45) is 0 Å². The van der Waals surface area contributed by atoms with Crippen LogP contribution in [0.25, 0.3) is 11.3 Å². The predicted molar refractivity (Wildman–Crippen MR) is 133 cm³/mol. The summed E-state index contributed by atoms with van der Waals surface area (Å²) in [5.74, 6) is 1.19. The van der Waals surface area contributed by atoms with Crippen LogP contribution >= 0.6 is 11.8 Å². The summed E-state index contributed by atoms with van der Waals surface area (Å²) >= 11 is 1.47. The highest BCUT2D eigenvalue weighted by molar-refractivity contribution is 7.99. The van der Waals surface area contributed by atoms with Crippen molar-refractivity contribution in [1.82, 2.24) is 10.1 Å². The summed E-state index contributed by atoms with van der Waals surface area (Å²) in [5, 5.41) is 18.5. The lowest BCUT2D eigenvalue weighted by molar-refractivity contribution is -0.764. The second kappa shape index (κ2) is 10.2. The summed E-state index contributed by atoms with van der Waals surface area (Å²) < 4.78 is 7.83. The topological polar surface area (TPSA) is 82.3 Å². The molecule has 1 amide bonds. The lowest BCUT2D eigenvalue weighted by atomic mass is 10.0. The highest BCUT2D eigenvalue weighted by atomic mass is 32.2. The van der Waals surface area contributed by atoms with E-state index in [1.807, 2.05) is 48.5 Å². The molecule has 182 valence electrons. The molecule has 2 heterocycles. The number of carbonyl (C=O) groups excluding carboxylic acids is 1. The number of para-hydroxylation sites is 1. The van der Waals surface area contributed by atoms with Crippen LogP contribution in [-0.4, -0.2) is 27.8 Å². The Balaban J connectivity index is 1.59. The molecule has 8 heteroatoms. The minimum atomic E-state index is -0.598. The average molecular weight is 491 g/mol. The molecule has 1 unspecified atom stereocenters. The van der Waals surface area contributed by atoms with E-state index in [1.54, 1.807) is 16.5 Å². The first kappa shape index (κ1) is 23.6. The standard InChI is InChI=1S/C27H30N4O3S/c1-3-4-17-35-27-28-25(33)24-22-11-7-8-12-23(22)30(18(2)32)26(31(24)29-27)19-13-15-21(16-14-19)34-20-9-5-6-10-20/h7-8,11-16,20,26H,3-6,9-10,17H2,1-2H3. The first-order valence-corrected chi connectivity index (χ1v) is 13.3. The van der Waals surface area contributed by atoms with Crippen LogP contribution in [-0.2, 0) is 4.79 Å². The van der Waals surface area contributed by atoms with Crippen LogP contribution in [0.15, 0.2) is 53.7 Å². The van der Waals surface area contributed by atoms with Gasteiger partial charge in [-0.25, -0.2) is 9.88 Å². The van der Waals surface area contributed by atoms with Crippen LogP contribution in [0.2, 0.25) is 0 Å². The van der Waals surface area contributed by atoms with Gasteiger partial charge in [0.15, 0.2) is 0 Å². The van der Waals surface area contributed by atoms with Gasteiger partial charge in [-0.3, -0.25) is 4.79 Å². The maximum absolute atomic E-state index is 13.3. The molecule has 0 saturated heterocycles. The number of aromatic nitrogens is 3. The molecule has 0 bridgehead atoms. The van der Waals surface area contributed by atoms with Gasteiger partial charge in [0.2, 0.25) is 5.91 Å². The molecule has 0 N–H and O–H groups in total. The number of carbonyl (C=O) groups is 1. The average Bonchev–Trinajstić information content (AvgIpc) is 3.36. The molecular weight excluding hydrogens is 460 g/mol. The third-order valence-corrected chi connectivity index (χ3v) is 7.49. The van der Waals surface area contributed by atoms with Crippen molar-refractivity contribution in [2.45, 2.75) is 69.8 Å². The number of amides is 1. The SMILES string of the molecule is CCCCSc1nc([O-])c2[n+](n1)C(c1ccc(OC3CCCC3)cc1)N(C(C)=O)c1ccccc1-2. The van der Waals surface area contributed by atoms with Gasteiger partial charge in [-0.15, -0.1) is 0 Å². The number of benzene rings is 2. The van der Waals surface area contributed by atoms with E-state index in [2.05, 4.69) is 11.9 Å². The molecule has 1 atom stereocenters. The first-order chi connectivity index (χ1) is 17.1. The Morgan fingerprint density at radius 1 is 1.17 bits per heavy atom. The molecule has 1 aliphatic carbocycles. The third-order valence-electron chi connectivity index (χ3n) is 6.57. The minimum absolute atomic E-state index is 0.127. The second-order valence-corrected chi connectivity index (χ2v) is 10.1. The van der Waals surface area contributed by atoms with Crippen molar-refractivity contribution in [2.75, 3.05) is 10.7 Å². The van der Waals surface area contributed by atoms with E-state index < -0.39 is 6.17 Å². The number of hydrogen-bond donors (Lipinski definition) is 0. The smallest absolute Gasteiger partial charge is 0.293 e. The molecule has 3 aromatic rings. The quantitative estimate of drug-likeness (QED) is 0.273. The monoisotopic (exact) mass is 490 g/mol. The first-order valence-electron chi connectivity index (χ1n) is 12.4. The van der Waals surface area contributed by atoms with Crippen LogP contribution in [0, 0.1) is 0 Å². The van der Waals surface area contributed by atoms with Gasteiger partial charge < -0.3 is 9.84 Å². The Labute approximate surface area is 210 Å². The molecule has 35 heavy (non-hydrogen) atoms. The highest BCUT2D eigenvalue weighted by Crippen LogP contribution is 2.41. The van der Waals surface area contributed by atoms with Gasteiger partial charge in [-0.2, -0.15) is 0 Å². The van der Waals surface area contributed by atoms with Gasteiger partial charge in [0.05, 0.1) is 23.2 Å². The molecule has 2 aromatic carbocycles. The van der Waals surface area contributed by atoms with Crippen LogP contribution in [0.3, 0.4) is 0 Å². The van der Waals surface area contributed by atoms with Crippen molar-refractivity contribution < 1.29 is 19.3 Å². The van der Waals surface area contributed by atoms with E-state index in [9.17, 15) is 9.90 Å². The molecule has 1 saturated carbocycles. The zero-order valence-electron chi connectivity index (χ0n) is 20.1. The van der Waals surface area contributed by atoms with Crippen molar-refractivity contribution >= 4 is 23.4 Å². The molecule has 5 rings (SSSR count).